The zero-order valence-corrected chi connectivity index (χ0v) is 14.8. The molecule has 0 aromatic carbocycles. The van der Waals surface area contributed by atoms with Crippen molar-refractivity contribution in [2.45, 2.75) is 32.9 Å². The SMILES string of the molecule is Cc1nc(N2CCC(COc3ncccc3C)CC2)cc(C(F)(F)F)n1. The Kier molecular flexibility index (Phi) is 5.29. The van der Waals surface area contributed by atoms with Gasteiger partial charge in [0.25, 0.3) is 0 Å². The third-order valence-electron chi connectivity index (χ3n) is 4.47. The van der Waals surface area contributed by atoms with Crippen LogP contribution in [0.3, 0.4) is 0 Å². The highest BCUT2D eigenvalue weighted by atomic mass is 19.4. The number of pyridine rings is 1. The van der Waals surface area contributed by atoms with E-state index in [1.807, 2.05) is 24.0 Å². The Morgan fingerprint density at radius 3 is 2.58 bits per heavy atom. The average molecular weight is 366 g/mol. The molecule has 0 saturated carbocycles. The second kappa shape index (κ2) is 7.47. The van der Waals surface area contributed by atoms with E-state index in [9.17, 15) is 13.2 Å². The number of aryl methyl sites for hydroxylation is 2. The number of ether oxygens (including phenoxy) is 1. The van der Waals surface area contributed by atoms with Gasteiger partial charge in [0.15, 0.2) is 0 Å². The largest absolute Gasteiger partial charge is 0.477 e. The third-order valence-corrected chi connectivity index (χ3v) is 4.47. The maximum atomic E-state index is 12.9. The van der Waals surface area contributed by atoms with E-state index in [0.717, 1.165) is 24.5 Å². The van der Waals surface area contributed by atoms with Crippen molar-refractivity contribution in [1.82, 2.24) is 15.0 Å². The predicted octanol–water partition coefficient (Wildman–Crippen LogP) is 3.80. The molecule has 3 rings (SSSR count). The number of alkyl halides is 3. The zero-order chi connectivity index (χ0) is 18.7. The van der Waals surface area contributed by atoms with Gasteiger partial charge < -0.3 is 9.64 Å². The van der Waals surface area contributed by atoms with Gasteiger partial charge in [-0.05, 0) is 38.7 Å². The summed E-state index contributed by atoms with van der Waals surface area (Å²) in [7, 11) is 0. The lowest BCUT2D eigenvalue weighted by Crippen LogP contribution is -2.36. The van der Waals surface area contributed by atoms with Crippen LogP contribution >= 0.6 is 0 Å². The smallest absolute Gasteiger partial charge is 0.433 e. The van der Waals surface area contributed by atoms with Gasteiger partial charge in [0.05, 0.1) is 6.61 Å². The van der Waals surface area contributed by atoms with Gasteiger partial charge in [0.2, 0.25) is 5.88 Å². The highest BCUT2D eigenvalue weighted by molar-refractivity contribution is 5.41. The van der Waals surface area contributed by atoms with Gasteiger partial charge >= 0.3 is 6.18 Å². The first-order valence-electron chi connectivity index (χ1n) is 8.55. The Morgan fingerprint density at radius 1 is 1.19 bits per heavy atom. The Bertz CT molecular complexity index is 758. The number of hydrogen-bond donors (Lipinski definition) is 0. The summed E-state index contributed by atoms with van der Waals surface area (Å²) in [5, 5.41) is 0. The van der Waals surface area contributed by atoms with E-state index < -0.39 is 11.9 Å². The normalized spacial score (nSPS) is 16.0. The fraction of sp³-hybridized carbons (Fsp3) is 0.500. The monoisotopic (exact) mass is 366 g/mol. The summed E-state index contributed by atoms with van der Waals surface area (Å²) in [6.45, 7) is 5.27. The van der Waals surface area contributed by atoms with Crippen molar-refractivity contribution in [1.29, 1.82) is 0 Å². The van der Waals surface area contributed by atoms with Crippen molar-refractivity contribution in [3.05, 3.63) is 41.5 Å². The van der Waals surface area contributed by atoms with Crippen LogP contribution in [-0.2, 0) is 6.18 Å². The van der Waals surface area contributed by atoms with Crippen LogP contribution < -0.4 is 9.64 Å². The fourth-order valence-corrected chi connectivity index (χ4v) is 3.01. The van der Waals surface area contributed by atoms with Crippen LogP contribution in [0.15, 0.2) is 24.4 Å². The topological polar surface area (TPSA) is 51.1 Å². The van der Waals surface area contributed by atoms with E-state index in [4.69, 9.17) is 4.74 Å². The average Bonchev–Trinajstić information content (AvgIpc) is 2.60. The lowest BCUT2D eigenvalue weighted by molar-refractivity contribution is -0.141. The number of nitrogens with zero attached hydrogens (tertiary/aromatic N) is 4. The molecule has 8 heteroatoms. The van der Waals surface area contributed by atoms with Gasteiger partial charge in [0.1, 0.15) is 17.3 Å². The first kappa shape index (κ1) is 18.4. The van der Waals surface area contributed by atoms with Gasteiger partial charge in [-0.25, -0.2) is 15.0 Å². The fourth-order valence-electron chi connectivity index (χ4n) is 3.01. The highest BCUT2D eigenvalue weighted by Crippen LogP contribution is 2.31. The third kappa shape index (κ3) is 4.42. The maximum absolute atomic E-state index is 12.9. The Hall–Kier alpha value is -2.38. The molecule has 0 aliphatic carbocycles. The zero-order valence-electron chi connectivity index (χ0n) is 14.8. The van der Waals surface area contributed by atoms with E-state index in [1.54, 1.807) is 6.20 Å². The summed E-state index contributed by atoms with van der Waals surface area (Å²) in [5.74, 6) is 1.45. The van der Waals surface area contributed by atoms with E-state index >= 15 is 0 Å². The van der Waals surface area contributed by atoms with Gasteiger partial charge in [-0.3, -0.25) is 0 Å². The number of halogens is 3. The molecule has 2 aromatic heterocycles. The van der Waals surface area contributed by atoms with Crippen LogP contribution in [0.2, 0.25) is 0 Å². The molecule has 0 spiro atoms. The summed E-state index contributed by atoms with van der Waals surface area (Å²) < 4.78 is 44.6. The first-order valence-corrected chi connectivity index (χ1v) is 8.55. The summed E-state index contributed by atoms with van der Waals surface area (Å²) in [6.07, 6.45) is -1.11. The molecule has 140 valence electrons. The van der Waals surface area contributed by atoms with Crippen molar-refractivity contribution < 1.29 is 17.9 Å². The molecule has 0 atom stereocenters. The second-order valence-electron chi connectivity index (χ2n) is 6.52. The Labute approximate surface area is 150 Å². The van der Waals surface area contributed by atoms with Crippen molar-refractivity contribution in [2.24, 2.45) is 5.92 Å². The molecule has 26 heavy (non-hydrogen) atoms. The number of aromatic nitrogens is 3. The molecule has 0 bridgehead atoms. The van der Waals surface area contributed by atoms with Crippen molar-refractivity contribution in [2.75, 3.05) is 24.6 Å². The molecule has 1 aliphatic rings. The summed E-state index contributed by atoms with van der Waals surface area (Å²) >= 11 is 0. The highest BCUT2D eigenvalue weighted by Gasteiger charge is 2.34. The van der Waals surface area contributed by atoms with Gasteiger partial charge in [-0.1, -0.05) is 6.07 Å². The van der Waals surface area contributed by atoms with Crippen LogP contribution in [-0.4, -0.2) is 34.6 Å². The van der Waals surface area contributed by atoms with Crippen molar-refractivity contribution in [3.63, 3.8) is 0 Å². The molecule has 0 unspecified atom stereocenters. The second-order valence-corrected chi connectivity index (χ2v) is 6.52. The van der Waals surface area contributed by atoms with Gasteiger partial charge in [-0.2, -0.15) is 13.2 Å². The van der Waals surface area contributed by atoms with Crippen molar-refractivity contribution in [3.8, 4) is 5.88 Å². The molecule has 1 aliphatic heterocycles. The lowest BCUT2D eigenvalue weighted by Gasteiger charge is -2.33. The number of rotatable bonds is 4. The molecule has 5 nitrogen and oxygen atoms in total. The van der Waals surface area contributed by atoms with Crippen LogP contribution in [0.4, 0.5) is 19.0 Å². The van der Waals surface area contributed by atoms with Crippen LogP contribution in [0, 0.1) is 19.8 Å². The number of hydrogen-bond acceptors (Lipinski definition) is 5. The molecule has 0 amide bonds. The van der Waals surface area contributed by atoms with Crippen molar-refractivity contribution >= 4 is 5.82 Å². The van der Waals surface area contributed by atoms with E-state index in [0.29, 0.717) is 37.3 Å². The summed E-state index contributed by atoms with van der Waals surface area (Å²) in [5.41, 5.74) is 0.0946. The van der Waals surface area contributed by atoms with Gasteiger partial charge in [0, 0.05) is 30.9 Å². The Morgan fingerprint density at radius 2 is 1.92 bits per heavy atom. The van der Waals surface area contributed by atoms with Crippen LogP contribution in [0.25, 0.3) is 0 Å². The van der Waals surface area contributed by atoms with Crippen LogP contribution in [0.5, 0.6) is 5.88 Å². The molecular weight excluding hydrogens is 345 g/mol. The predicted molar refractivity (Wildman–Crippen MR) is 91.2 cm³/mol. The summed E-state index contributed by atoms with van der Waals surface area (Å²) in [6, 6.07) is 4.83. The van der Waals surface area contributed by atoms with E-state index in [1.165, 1.54) is 6.92 Å². The summed E-state index contributed by atoms with van der Waals surface area (Å²) in [4.78, 5) is 13.8. The van der Waals surface area contributed by atoms with E-state index in [2.05, 4.69) is 15.0 Å². The molecule has 0 N–H and O–H groups in total. The number of piperidine rings is 1. The number of anilines is 1. The molecule has 0 radical (unpaired) electrons. The molecule has 1 saturated heterocycles. The Balaban J connectivity index is 1.59. The molecule has 2 aromatic rings. The minimum Gasteiger partial charge on any atom is -0.477 e. The first-order chi connectivity index (χ1) is 12.3. The standard InChI is InChI=1S/C18H21F3N4O/c1-12-4-3-7-22-17(12)26-11-14-5-8-25(9-6-14)16-10-15(18(19,20)21)23-13(2)24-16/h3-4,7,10,14H,5-6,8-9,11H2,1-2H3. The molecular formula is C18H21F3N4O. The minimum atomic E-state index is -4.46. The van der Waals surface area contributed by atoms with E-state index in [-0.39, 0.29) is 5.82 Å². The van der Waals surface area contributed by atoms with Gasteiger partial charge in [-0.15, -0.1) is 0 Å². The minimum absolute atomic E-state index is 0.130. The maximum Gasteiger partial charge on any atom is 0.433 e. The lowest BCUT2D eigenvalue weighted by atomic mass is 9.98. The molecule has 3 heterocycles. The molecule has 1 fully saturated rings. The van der Waals surface area contributed by atoms with Crippen LogP contribution in [0.1, 0.15) is 29.9 Å². The quantitative estimate of drug-likeness (QED) is 0.824.